The average molecular weight is 446 g/mol. The SMILES string of the molecule is COc1ccc(C/C=C/c2cc(OC)c(O)c3c2C(c2ccccc2)CN(C)C3)cc1OC. The van der Waals surface area contributed by atoms with Crippen LogP contribution in [0.4, 0.5) is 0 Å². The first-order valence-electron chi connectivity index (χ1n) is 11.1. The van der Waals surface area contributed by atoms with Crippen molar-refractivity contribution >= 4 is 6.08 Å². The molecule has 3 aromatic rings. The second-order valence-corrected chi connectivity index (χ2v) is 8.36. The van der Waals surface area contributed by atoms with Gasteiger partial charge in [0.05, 0.1) is 21.3 Å². The molecule has 5 heteroatoms. The standard InChI is InChI=1S/C28H31NO4/c1-29-17-22(20-10-6-5-7-11-20)27-21(16-26(33-4)28(30)23(27)18-29)12-8-9-19-13-14-24(31-2)25(15-19)32-3/h5-8,10-16,22,30H,9,17-18H2,1-4H3/b12-8+. The van der Waals surface area contributed by atoms with E-state index < -0.39 is 0 Å². The molecule has 3 aromatic carbocycles. The molecule has 172 valence electrons. The van der Waals surface area contributed by atoms with E-state index in [1.165, 1.54) is 11.1 Å². The zero-order valence-electron chi connectivity index (χ0n) is 19.7. The molecule has 5 nitrogen and oxygen atoms in total. The lowest BCUT2D eigenvalue weighted by atomic mass is 9.81. The van der Waals surface area contributed by atoms with Gasteiger partial charge in [0.25, 0.3) is 0 Å². The third-order valence-corrected chi connectivity index (χ3v) is 6.23. The van der Waals surface area contributed by atoms with Crippen LogP contribution < -0.4 is 14.2 Å². The van der Waals surface area contributed by atoms with Crippen LogP contribution in [0.3, 0.4) is 0 Å². The van der Waals surface area contributed by atoms with Crippen molar-refractivity contribution in [3.8, 4) is 23.0 Å². The molecule has 0 bridgehead atoms. The Kier molecular flexibility index (Phi) is 6.90. The molecule has 33 heavy (non-hydrogen) atoms. The van der Waals surface area contributed by atoms with E-state index in [9.17, 15) is 5.11 Å². The Morgan fingerprint density at radius 1 is 0.939 bits per heavy atom. The molecule has 0 spiro atoms. The van der Waals surface area contributed by atoms with Crippen molar-refractivity contribution in [3.05, 3.63) is 88.5 Å². The Morgan fingerprint density at radius 2 is 1.67 bits per heavy atom. The van der Waals surface area contributed by atoms with Gasteiger partial charge < -0.3 is 24.2 Å². The lowest BCUT2D eigenvalue weighted by molar-refractivity contribution is 0.283. The van der Waals surface area contributed by atoms with Gasteiger partial charge in [0.15, 0.2) is 23.0 Å². The Balaban J connectivity index is 1.73. The molecule has 0 saturated carbocycles. The Morgan fingerprint density at radius 3 is 2.36 bits per heavy atom. The van der Waals surface area contributed by atoms with Crippen LogP contribution in [0.5, 0.6) is 23.0 Å². The number of allylic oxidation sites excluding steroid dienone is 1. The third-order valence-electron chi connectivity index (χ3n) is 6.23. The van der Waals surface area contributed by atoms with Crippen LogP contribution in [-0.4, -0.2) is 44.9 Å². The van der Waals surface area contributed by atoms with E-state index in [0.717, 1.165) is 41.2 Å². The first-order valence-corrected chi connectivity index (χ1v) is 11.1. The molecule has 0 amide bonds. The predicted molar refractivity (Wildman–Crippen MR) is 132 cm³/mol. The number of hydrogen-bond acceptors (Lipinski definition) is 5. The molecule has 0 radical (unpaired) electrons. The number of phenols is 1. The quantitative estimate of drug-likeness (QED) is 0.538. The van der Waals surface area contributed by atoms with E-state index >= 15 is 0 Å². The fraction of sp³-hybridized carbons (Fsp3) is 0.286. The van der Waals surface area contributed by atoms with Crippen molar-refractivity contribution < 1.29 is 19.3 Å². The van der Waals surface area contributed by atoms with Gasteiger partial charge in [-0.2, -0.15) is 0 Å². The molecule has 4 rings (SSSR count). The summed E-state index contributed by atoms with van der Waals surface area (Å²) in [6.45, 7) is 1.57. The average Bonchev–Trinajstić information content (AvgIpc) is 2.85. The van der Waals surface area contributed by atoms with Crippen LogP contribution in [0.15, 0.2) is 60.7 Å². The number of benzene rings is 3. The maximum Gasteiger partial charge on any atom is 0.162 e. The van der Waals surface area contributed by atoms with Crippen LogP contribution in [0, 0.1) is 0 Å². The number of rotatable bonds is 7. The zero-order valence-corrected chi connectivity index (χ0v) is 19.7. The molecular weight excluding hydrogens is 414 g/mol. The highest BCUT2D eigenvalue weighted by molar-refractivity contribution is 5.67. The second-order valence-electron chi connectivity index (χ2n) is 8.36. The number of hydrogen-bond donors (Lipinski definition) is 1. The molecule has 1 aliphatic rings. The summed E-state index contributed by atoms with van der Waals surface area (Å²) >= 11 is 0. The fourth-order valence-corrected chi connectivity index (χ4v) is 4.63. The Labute approximate surface area is 195 Å². The van der Waals surface area contributed by atoms with E-state index in [4.69, 9.17) is 14.2 Å². The smallest absolute Gasteiger partial charge is 0.162 e. The molecule has 0 saturated heterocycles. The highest BCUT2D eigenvalue weighted by atomic mass is 16.5. The summed E-state index contributed by atoms with van der Waals surface area (Å²) in [7, 11) is 6.97. The van der Waals surface area contributed by atoms with Crippen molar-refractivity contribution in [1.29, 1.82) is 0 Å². The van der Waals surface area contributed by atoms with E-state index in [1.807, 2.05) is 30.3 Å². The van der Waals surface area contributed by atoms with Gasteiger partial charge >= 0.3 is 0 Å². The summed E-state index contributed by atoms with van der Waals surface area (Å²) in [5, 5.41) is 11.0. The summed E-state index contributed by atoms with van der Waals surface area (Å²) in [4.78, 5) is 2.25. The highest BCUT2D eigenvalue weighted by Crippen LogP contribution is 2.44. The van der Waals surface area contributed by atoms with E-state index in [-0.39, 0.29) is 11.7 Å². The number of aromatic hydroxyl groups is 1. The fourth-order valence-electron chi connectivity index (χ4n) is 4.63. The molecular formula is C28H31NO4. The first-order chi connectivity index (χ1) is 16.0. The van der Waals surface area contributed by atoms with Gasteiger partial charge in [-0.3, -0.25) is 0 Å². The number of ether oxygens (including phenoxy) is 3. The van der Waals surface area contributed by atoms with Crippen molar-refractivity contribution in [2.45, 2.75) is 18.9 Å². The molecule has 1 aliphatic heterocycles. The molecule has 0 fully saturated rings. The van der Waals surface area contributed by atoms with Gasteiger partial charge in [-0.25, -0.2) is 0 Å². The summed E-state index contributed by atoms with van der Waals surface area (Å²) in [5.41, 5.74) is 5.54. The van der Waals surface area contributed by atoms with Crippen molar-refractivity contribution in [1.82, 2.24) is 4.90 Å². The van der Waals surface area contributed by atoms with Gasteiger partial charge in [0.1, 0.15) is 0 Å². The maximum absolute atomic E-state index is 11.0. The molecule has 1 N–H and O–H groups in total. The molecule has 1 atom stereocenters. The van der Waals surface area contributed by atoms with Crippen molar-refractivity contribution in [2.24, 2.45) is 0 Å². The lowest BCUT2D eigenvalue weighted by Crippen LogP contribution is -2.31. The van der Waals surface area contributed by atoms with Gasteiger partial charge in [-0.15, -0.1) is 0 Å². The monoisotopic (exact) mass is 445 g/mol. The number of phenolic OH excluding ortho intramolecular Hbond substituents is 1. The van der Waals surface area contributed by atoms with Crippen LogP contribution in [0.25, 0.3) is 6.08 Å². The molecule has 0 aromatic heterocycles. The van der Waals surface area contributed by atoms with E-state index in [0.29, 0.717) is 12.3 Å². The van der Waals surface area contributed by atoms with E-state index in [2.05, 4.69) is 48.4 Å². The highest BCUT2D eigenvalue weighted by Gasteiger charge is 2.30. The van der Waals surface area contributed by atoms with Gasteiger partial charge in [0, 0.05) is 24.6 Å². The van der Waals surface area contributed by atoms with Crippen molar-refractivity contribution in [3.63, 3.8) is 0 Å². The zero-order chi connectivity index (χ0) is 23.4. The van der Waals surface area contributed by atoms with Gasteiger partial charge in [-0.1, -0.05) is 48.6 Å². The topological polar surface area (TPSA) is 51.2 Å². The second kappa shape index (κ2) is 10.0. The minimum Gasteiger partial charge on any atom is -0.504 e. The molecule has 1 heterocycles. The summed E-state index contributed by atoms with van der Waals surface area (Å²) in [6, 6.07) is 18.4. The molecule has 1 unspecified atom stereocenters. The lowest BCUT2D eigenvalue weighted by Gasteiger charge is -2.34. The van der Waals surface area contributed by atoms with E-state index in [1.54, 1.807) is 21.3 Å². The summed E-state index contributed by atoms with van der Waals surface area (Å²) in [5.74, 6) is 2.34. The number of likely N-dealkylation sites (N-methyl/N-ethyl adjacent to an activating group) is 1. The van der Waals surface area contributed by atoms with Crippen LogP contribution in [-0.2, 0) is 13.0 Å². The minimum absolute atomic E-state index is 0.164. The Hall–Kier alpha value is -3.44. The van der Waals surface area contributed by atoms with Crippen LogP contribution in [0.2, 0.25) is 0 Å². The number of fused-ring (bicyclic) bond motifs is 1. The normalized spacial score (nSPS) is 15.9. The molecule has 0 aliphatic carbocycles. The summed E-state index contributed by atoms with van der Waals surface area (Å²) < 4.78 is 16.3. The largest absolute Gasteiger partial charge is 0.504 e. The van der Waals surface area contributed by atoms with Crippen LogP contribution >= 0.6 is 0 Å². The maximum atomic E-state index is 11.0. The van der Waals surface area contributed by atoms with Crippen LogP contribution in [0.1, 0.15) is 33.7 Å². The minimum atomic E-state index is 0.164. The van der Waals surface area contributed by atoms with Crippen molar-refractivity contribution in [2.75, 3.05) is 34.9 Å². The Bertz CT molecular complexity index is 1140. The predicted octanol–water partition coefficient (Wildman–Crippen LogP) is 5.25. The van der Waals surface area contributed by atoms with Gasteiger partial charge in [0.2, 0.25) is 0 Å². The number of methoxy groups -OCH3 is 3. The third kappa shape index (κ3) is 4.69. The number of nitrogens with zero attached hydrogens (tertiary/aromatic N) is 1. The first kappa shape index (κ1) is 22.7. The summed E-state index contributed by atoms with van der Waals surface area (Å²) in [6.07, 6.45) is 5.03. The van der Waals surface area contributed by atoms with Gasteiger partial charge in [-0.05, 0) is 53.9 Å².